The van der Waals surface area contributed by atoms with E-state index in [9.17, 15) is 9.59 Å². The second-order valence-corrected chi connectivity index (χ2v) is 5.67. The standard InChI is InChI=1S/C15H23N3O4/c1-15(2,3)22-14(20)16-9-5-6-12(19)18-11-7-8-13(21-4)17-10-11/h7-8,10H,5-6,9H2,1-4H3,(H,16,20)(H,18,19). The summed E-state index contributed by atoms with van der Waals surface area (Å²) < 4.78 is 10.0. The fourth-order valence-corrected chi connectivity index (χ4v) is 1.55. The van der Waals surface area contributed by atoms with Crippen molar-refractivity contribution in [2.24, 2.45) is 0 Å². The number of pyridine rings is 1. The first-order chi connectivity index (χ1) is 10.3. The highest BCUT2D eigenvalue weighted by Gasteiger charge is 2.15. The molecule has 0 radical (unpaired) electrons. The lowest BCUT2D eigenvalue weighted by Gasteiger charge is -2.19. The summed E-state index contributed by atoms with van der Waals surface area (Å²) >= 11 is 0. The van der Waals surface area contributed by atoms with Gasteiger partial charge in [0.15, 0.2) is 0 Å². The molecule has 0 saturated heterocycles. The Bertz CT molecular complexity index is 495. The maximum absolute atomic E-state index is 11.7. The minimum absolute atomic E-state index is 0.141. The molecule has 0 fully saturated rings. The van der Waals surface area contributed by atoms with Gasteiger partial charge in [-0.2, -0.15) is 0 Å². The van der Waals surface area contributed by atoms with E-state index in [1.54, 1.807) is 32.9 Å². The van der Waals surface area contributed by atoms with E-state index in [0.29, 0.717) is 31.0 Å². The number of hydrogen-bond acceptors (Lipinski definition) is 5. The first kappa shape index (κ1) is 17.7. The predicted molar refractivity (Wildman–Crippen MR) is 82.9 cm³/mol. The molecule has 0 atom stereocenters. The highest BCUT2D eigenvalue weighted by molar-refractivity contribution is 5.90. The van der Waals surface area contributed by atoms with E-state index in [1.165, 1.54) is 13.3 Å². The molecule has 0 aliphatic carbocycles. The maximum Gasteiger partial charge on any atom is 0.407 e. The minimum atomic E-state index is -0.525. The topological polar surface area (TPSA) is 89.6 Å². The number of nitrogens with one attached hydrogen (secondary N) is 2. The highest BCUT2D eigenvalue weighted by Crippen LogP contribution is 2.11. The molecule has 1 heterocycles. The Hall–Kier alpha value is -2.31. The third kappa shape index (κ3) is 7.47. The van der Waals surface area contributed by atoms with Gasteiger partial charge in [0.05, 0.1) is 19.0 Å². The molecule has 122 valence electrons. The molecule has 22 heavy (non-hydrogen) atoms. The van der Waals surface area contributed by atoms with Crippen LogP contribution in [0.15, 0.2) is 18.3 Å². The molecular weight excluding hydrogens is 286 g/mol. The molecule has 0 unspecified atom stereocenters. The average molecular weight is 309 g/mol. The number of anilines is 1. The summed E-state index contributed by atoms with van der Waals surface area (Å²) in [6.07, 6.45) is 1.86. The minimum Gasteiger partial charge on any atom is -0.481 e. The summed E-state index contributed by atoms with van der Waals surface area (Å²) in [6, 6.07) is 3.38. The SMILES string of the molecule is COc1ccc(NC(=O)CCCNC(=O)OC(C)(C)C)cn1. The van der Waals surface area contributed by atoms with Crippen LogP contribution in [0.25, 0.3) is 0 Å². The van der Waals surface area contributed by atoms with Crippen LogP contribution in [0.1, 0.15) is 33.6 Å². The second kappa shape index (κ2) is 8.21. The fraction of sp³-hybridized carbons (Fsp3) is 0.533. The van der Waals surface area contributed by atoms with Crippen molar-refractivity contribution in [3.8, 4) is 5.88 Å². The number of carbonyl (C=O) groups is 2. The number of aromatic nitrogens is 1. The summed E-state index contributed by atoms with van der Waals surface area (Å²) in [5.74, 6) is 0.345. The Balaban J connectivity index is 2.21. The smallest absolute Gasteiger partial charge is 0.407 e. The highest BCUT2D eigenvalue weighted by atomic mass is 16.6. The number of methoxy groups -OCH3 is 1. The van der Waals surface area contributed by atoms with Crippen molar-refractivity contribution in [1.29, 1.82) is 0 Å². The molecule has 2 N–H and O–H groups in total. The van der Waals surface area contributed by atoms with Crippen molar-refractivity contribution >= 4 is 17.7 Å². The average Bonchev–Trinajstić information content (AvgIpc) is 2.42. The van der Waals surface area contributed by atoms with Crippen LogP contribution in [0.5, 0.6) is 5.88 Å². The van der Waals surface area contributed by atoms with Crippen LogP contribution in [-0.4, -0.2) is 36.2 Å². The molecule has 7 nitrogen and oxygen atoms in total. The zero-order chi connectivity index (χ0) is 16.6. The van der Waals surface area contributed by atoms with E-state index in [0.717, 1.165) is 0 Å². The number of nitrogens with zero attached hydrogens (tertiary/aromatic N) is 1. The maximum atomic E-state index is 11.7. The molecule has 0 aliphatic heterocycles. The molecule has 1 aromatic heterocycles. The van der Waals surface area contributed by atoms with Crippen molar-refractivity contribution in [3.63, 3.8) is 0 Å². The number of amides is 2. The van der Waals surface area contributed by atoms with Gasteiger partial charge in [-0.25, -0.2) is 9.78 Å². The summed E-state index contributed by atoms with van der Waals surface area (Å²) in [5.41, 5.74) is 0.0777. The molecule has 0 aromatic carbocycles. The first-order valence-electron chi connectivity index (χ1n) is 7.07. The van der Waals surface area contributed by atoms with Crippen molar-refractivity contribution in [2.75, 3.05) is 19.0 Å². The van der Waals surface area contributed by atoms with Crippen LogP contribution >= 0.6 is 0 Å². The van der Waals surface area contributed by atoms with E-state index in [-0.39, 0.29) is 5.91 Å². The fourth-order valence-electron chi connectivity index (χ4n) is 1.55. The van der Waals surface area contributed by atoms with Gasteiger partial charge in [-0.15, -0.1) is 0 Å². The van der Waals surface area contributed by atoms with Gasteiger partial charge in [0.1, 0.15) is 5.60 Å². The van der Waals surface area contributed by atoms with Gasteiger partial charge >= 0.3 is 6.09 Å². The molecule has 0 bridgehead atoms. The van der Waals surface area contributed by atoms with E-state index >= 15 is 0 Å². The van der Waals surface area contributed by atoms with Crippen LogP contribution in [-0.2, 0) is 9.53 Å². The van der Waals surface area contributed by atoms with Crippen molar-refractivity contribution in [3.05, 3.63) is 18.3 Å². The molecule has 7 heteroatoms. The van der Waals surface area contributed by atoms with Gasteiger partial charge in [0.2, 0.25) is 11.8 Å². The van der Waals surface area contributed by atoms with Crippen LogP contribution in [0, 0.1) is 0 Å². The third-order valence-electron chi connectivity index (χ3n) is 2.48. The van der Waals surface area contributed by atoms with Crippen LogP contribution < -0.4 is 15.4 Å². The Morgan fingerprint density at radius 3 is 2.55 bits per heavy atom. The lowest BCUT2D eigenvalue weighted by atomic mass is 10.2. The molecule has 2 amide bonds. The number of rotatable bonds is 6. The third-order valence-corrected chi connectivity index (χ3v) is 2.48. The Morgan fingerprint density at radius 1 is 1.27 bits per heavy atom. The molecule has 0 aliphatic rings. The van der Waals surface area contributed by atoms with Crippen LogP contribution in [0.3, 0.4) is 0 Å². The zero-order valence-corrected chi connectivity index (χ0v) is 13.4. The van der Waals surface area contributed by atoms with Crippen molar-refractivity contribution in [1.82, 2.24) is 10.3 Å². The van der Waals surface area contributed by atoms with E-state index in [4.69, 9.17) is 9.47 Å². The Labute approximate surface area is 130 Å². The van der Waals surface area contributed by atoms with Crippen LogP contribution in [0.4, 0.5) is 10.5 Å². The Kier molecular flexibility index (Phi) is 6.62. The van der Waals surface area contributed by atoms with Gasteiger partial charge in [-0.05, 0) is 33.3 Å². The van der Waals surface area contributed by atoms with E-state index < -0.39 is 11.7 Å². The predicted octanol–water partition coefficient (Wildman–Crippen LogP) is 2.33. The number of alkyl carbamates (subject to hydrolysis) is 1. The number of hydrogen-bond donors (Lipinski definition) is 2. The van der Waals surface area contributed by atoms with Gasteiger partial charge in [0.25, 0.3) is 0 Å². The van der Waals surface area contributed by atoms with Crippen molar-refractivity contribution in [2.45, 2.75) is 39.2 Å². The largest absolute Gasteiger partial charge is 0.481 e. The summed E-state index contributed by atoms with van der Waals surface area (Å²) in [6.45, 7) is 5.76. The quantitative estimate of drug-likeness (QED) is 0.787. The summed E-state index contributed by atoms with van der Waals surface area (Å²) in [4.78, 5) is 27.1. The lowest BCUT2D eigenvalue weighted by Crippen LogP contribution is -2.33. The van der Waals surface area contributed by atoms with Gasteiger partial charge in [-0.3, -0.25) is 4.79 Å². The first-order valence-corrected chi connectivity index (χ1v) is 7.07. The van der Waals surface area contributed by atoms with E-state index in [1.807, 2.05) is 0 Å². The second-order valence-electron chi connectivity index (χ2n) is 5.67. The monoisotopic (exact) mass is 309 g/mol. The lowest BCUT2D eigenvalue weighted by molar-refractivity contribution is -0.116. The van der Waals surface area contributed by atoms with Crippen molar-refractivity contribution < 1.29 is 19.1 Å². The Morgan fingerprint density at radius 2 is 2.00 bits per heavy atom. The number of ether oxygens (including phenoxy) is 2. The van der Waals surface area contributed by atoms with Gasteiger partial charge in [0, 0.05) is 19.0 Å². The molecular formula is C15H23N3O4. The molecule has 0 saturated carbocycles. The van der Waals surface area contributed by atoms with Gasteiger partial charge in [-0.1, -0.05) is 0 Å². The molecule has 0 spiro atoms. The summed E-state index contributed by atoms with van der Waals surface area (Å²) in [7, 11) is 1.53. The molecule has 1 aromatic rings. The zero-order valence-electron chi connectivity index (χ0n) is 13.4. The van der Waals surface area contributed by atoms with Gasteiger partial charge < -0.3 is 20.1 Å². The number of carbonyl (C=O) groups excluding carboxylic acids is 2. The summed E-state index contributed by atoms with van der Waals surface area (Å²) in [5, 5.41) is 5.32. The normalized spacial score (nSPS) is 10.7. The van der Waals surface area contributed by atoms with Crippen LogP contribution in [0.2, 0.25) is 0 Å². The van der Waals surface area contributed by atoms with E-state index in [2.05, 4.69) is 15.6 Å². The molecule has 1 rings (SSSR count).